The van der Waals surface area contributed by atoms with Crippen molar-refractivity contribution in [3.63, 3.8) is 0 Å². The topological polar surface area (TPSA) is 110 Å². The summed E-state index contributed by atoms with van der Waals surface area (Å²) in [6, 6.07) is 3.78. The maximum Gasteiger partial charge on any atom is 0.293 e. The Morgan fingerprint density at radius 1 is 1.38 bits per heavy atom. The Hall–Kier alpha value is -1.67. The number of nitro benzene ring substituents is 1. The van der Waals surface area contributed by atoms with E-state index in [0.717, 1.165) is 12.3 Å². The van der Waals surface area contributed by atoms with E-state index in [2.05, 4.69) is 5.32 Å². The van der Waals surface area contributed by atoms with Crippen LogP contribution in [-0.4, -0.2) is 37.9 Å². The van der Waals surface area contributed by atoms with Gasteiger partial charge in [0.15, 0.2) is 9.84 Å². The van der Waals surface area contributed by atoms with Crippen LogP contribution in [0.1, 0.15) is 20.3 Å². The number of hydrogen-bond donors (Lipinski definition) is 2. The van der Waals surface area contributed by atoms with Crippen molar-refractivity contribution < 1.29 is 18.4 Å². The summed E-state index contributed by atoms with van der Waals surface area (Å²) in [7, 11) is -3.49. The Labute approximate surface area is 124 Å². The lowest BCUT2D eigenvalue weighted by atomic mass is 9.89. The number of hydrogen-bond acceptors (Lipinski definition) is 6. The third-order valence-corrected chi connectivity index (χ3v) is 4.25. The van der Waals surface area contributed by atoms with E-state index in [9.17, 15) is 18.5 Å². The molecule has 0 aliphatic rings. The normalized spacial score (nSPS) is 12.2. The number of aliphatic hydroxyl groups excluding tert-OH is 1. The zero-order chi connectivity index (χ0) is 16.3. The van der Waals surface area contributed by atoms with Crippen molar-refractivity contribution in [3.05, 3.63) is 28.3 Å². The van der Waals surface area contributed by atoms with Crippen LogP contribution in [0.4, 0.5) is 11.4 Å². The minimum atomic E-state index is -3.49. The molecule has 0 unspecified atom stereocenters. The smallest absolute Gasteiger partial charge is 0.293 e. The minimum absolute atomic E-state index is 0.0315. The molecule has 21 heavy (non-hydrogen) atoms. The van der Waals surface area contributed by atoms with Gasteiger partial charge in [-0.25, -0.2) is 8.42 Å². The Bertz CT molecular complexity index is 625. The summed E-state index contributed by atoms with van der Waals surface area (Å²) >= 11 is 0. The van der Waals surface area contributed by atoms with Crippen molar-refractivity contribution in [1.29, 1.82) is 0 Å². The highest BCUT2D eigenvalue weighted by atomic mass is 32.2. The molecule has 0 aromatic heterocycles. The number of anilines is 1. The van der Waals surface area contributed by atoms with Gasteiger partial charge in [-0.1, -0.05) is 13.8 Å². The molecule has 0 aliphatic carbocycles. The number of nitro groups is 1. The molecule has 0 saturated carbocycles. The maximum atomic E-state index is 11.5. The summed E-state index contributed by atoms with van der Waals surface area (Å²) in [6.07, 6.45) is 1.55. The minimum Gasteiger partial charge on any atom is -0.396 e. The molecule has 1 aromatic carbocycles. The average molecular weight is 316 g/mol. The largest absolute Gasteiger partial charge is 0.396 e. The maximum absolute atomic E-state index is 11.5. The predicted octanol–water partition coefficient (Wildman–Crippen LogP) is 1.82. The first-order valence-electron chi connectivity index (χ1n) is 6.40. The van der Waals surface area contributed by atoms with Crippen molar-refractivity contribution >= 4 is 21.2 Å². The summed E-state index contributed by atoms with van der Waals surface area (Å²) in [5.74, 6) is 0. The van der Waals surface area contributed by atoms with Gasteiger partial charge >= 0.3 is 0 Å². The van der Waals surface area contributed by atoms with E-state index in [1.165, 1.54) is 12.1 Å². The van der Waals surface area contributed by atoms with Gasteiger partial charge in [-0.05, 0) is 24.0 Å². The molecule has 0 bridgehead atoms. The molecule has 2 N–H and O–H groups in total. The van der Waals surface area contributed by atoms with E-state index in [4.69, 9.17) is 5.11 Å². The van der Waals surface area contributed by atoms with Crippen LogP contribution in [0.15, 0.2) is 23.1 Å². The van der Waals surface area contributed by atoms with Gasteiger partial charge in [0.2, 0.25) is 0 Å². The molecular weight excluding hydrogens is 296 g/mol. The van der Waals surface area contributed by atoms with E-state index in [-0.39, 0.29) is 28.3 Å². The Morgan fingerprint density at radius 2 is 2.00 bits per heavy atom. The van der Waals surface area contributed by atoms with E-state index < -0.39 is 14.8 Å². The number of sulfone groups is 1. The Kier molecular flexibility index (Phi) is 5.30. The zero-order valence-corrected chi connectivity index (χ0v) is 13.1. The lowest BCUT2D eigenvalue weighted by Gasteiger charge is -2.24. The van der Waals surface area contributed by atoms with Crippen LogP contribution >= 0.6 is 0 Å². The van der Waals surface area contributed by atoms with E-state index in [1.54, 1.807) is 0 Å². The number of nitrogens with zero attached hydrogens (tertiary/aromatic N) is 1. The SMILES string of the molecule is CC(C)(CCO)CNc1ccc(S(C)(=O)=O)cc1[N+](=O)[O-]. The van der Waals surface area contributed by atoms with Crippen LogP contribution in [0.2, 0.25) is 0 Å². The highest BCUT2D eigenvalue weighted by Crippen LogP contribution is 2.29. The quantitative estimate of drug-likeness (QED) is 0.586. The van der Waals surface area contributed by atoms with Crippen LogP contribution in [0.3, 0.4) is 0 Å². The first-order chi connectivity index (χ1) is 9.57. The average Bonchev–Trinajstić information content (AvgIpc) is 2.35. The predicted molar refractivity (Wildman–Crippen MR) is 80.2 cm³/mol. The van der Waals surface area contributed by atoms with Crippen LogP contribution in [0.25, 0.3) is 0 Å². The van der Waals surface area contributed by atoms with Gasteiger partial charge in [-0.15, -0.1) is 0 Å². The summed E-state index contributed by atoms with van der Waals surface area (Å²) in [5, 5.41) is 23.0. The van der Waals surface area contributed by atoms with Gasteiger partial charge in [-0.2, -0.15) is 0 Å². The Morgan fingerprint density at radius 3 is 2.48 bits per heavy atom. The summed E-state index contributed by atoms with van der Waals surface area (Å²) in [4.78, 5) is 10.4. The van der Waals surface area contributed by atoms with Crippen molar-refractivity contribution in [3.8, 4) is 0 Å². The molecule has 0 atom stereocenters. The molecule has 7 nitrogen and oxygen atoms in total. The monoisotopic (exact) mass is 316 g/mol. The second kappa shape index (κ2) is 6.40. The molecule has 0 heterocycles. The molecule has 0 fully saturated rings. The van der Waals surface area contributed by atoms with Gasteiger partial charge in [-0.3, -0.25) is 10.1 Å². The van der Waals surface area contributed by atoms with E-state index in [0.29, 0.717) is 13.0 Å². The molecule has 0 saturated heterocycles. The van der Waals surface area contributed by atoms with Crippen LogP contribution in [0, 0.1) is 15.5 Å². The van der Waals surface area contributed by atoms with Crippen molar-refractivity contribution in [2.75, 3.05) is 24.7 Å². The van der Waals surface area contributed by atoms with Gasteiger partial charge in [0.1, 0.15) is 5.69 Å². The molecule has 0 aliphatic heterocycles. The Balaban J connectivity index is 3.06. The molecule has 1 aromatic rings. The second-order valence-corrected chi connectivity index (χ2v) is 7.72. The number of rotatable bonds is 7. The molecular formula is C13H20N2O5S. The highest BCUT2D eigenvalue weighted by Gasteiger charge is 2.22. The molecule has 8 heteroatoms. The van der Waals surface area contributed by atoms with Crippen LogP contribution < -0.4 is 5.32 Å². The zero-order valence-electron chi connectivity index (χ0n) is 12.3. The van der Waals surface area contributed by atoms with Crippen LogP contribution in [-0.2, 0) is 9.84 Å². The van der Waals surface area contributed by atoms with E-state index >= 15 is 0 Å². The second-order valence-electron chi connectivity index (χ2n) is 5.70. The fourth-order valence-corrected chi connectivity index (χ4v) is 2.41. The lowest BCUT2D eigenvalue weighted by Crippen LogP contribution is -2.24. The third-order valence-electron chi connectivity index (χ3n) is 3.14. The molecule has 0 radical (unpaired) electrons. The summed E-state index contributed by atoms with van der Waals surface area (Å²) in [5.41, 5.74) is -0.255. The molecule has 0 amide bonds. The van der Waals surface area contributed by atoms with Gasteiger partial charge in [0, 0.05) is 25.5 Å². The third kappa shape index (κ3) is 4.98. The van der Waals surface area contributed by atoms with E-state index in [1.807, 2.05) is 13.8 Å². The standard InChI is InChI=1S/C13H20N2O5S/c1-13(2,6-7-16)9-14-11-5-4-10(21(3,19)20)8-12(11)15(17)18/h4-5,8,14,16H,6-7,9H2,1-3H3. The van der Waals surface area contributed by atoms with Crippen molar-refractivity contribution in [1.82, 2.24) is 0 Å². The summed E-state index contributed by atoms with van der Waals surface area (Å²) in [6.45, 7) is 4.30. The van der Waals surface area contributed by atoms with Crippen molar-refractivity contribution in [2.24, 2.45) is 5.41 Å². The molecule has 118 valence electrons. The van der Waals surface area contributed by atoms with Gasteiger partial charge < -0.3 is 10.4 Å². The number of nitrogens with one attached hydrogen (secondary N) is 1. The fourth-order valence-electron chi connectivity index (χ4n) is 1.77. The lowest BCUT2D eigenvalue weighted by molar-refractivity contribution is -0.384. The number of benzene rings is 1. The first kappa shape index (κ1) is 17.4. The molecule has 0 spiro atoms. The van der Waals surface area contributed by atoms with Gasteiger partial charge in [0.05, 0.1) is 9.82 Å². The van der Waals surface area contributed by atoms with Crippen molar-refractivity contribution in [2.45, 2.75) is 25.2 Å². The van der Waals surface area contributed by atoms with Crippen LogP contribution in [0.5, 0.6) is 0 Å². The fraction of sp³-hybridized carbons (Fsp3) is 0.538. The van der Waals surface area contributed by atoms with Gasteiger partial charge in [0.25, 0.3) is 5.69 Å². The first-order valence-corrected chi connectivity index (χ1v) is 8.29. The number of aliphatic hydroxyl groups is 1. The molecule has 1 rings (SSSR count). The highest BCUT2D eigenvalue weighted by molar-refractivity contribution is 7.90. The summed E-state index contributed by atoms with van der Waals surface area (Å²) < 4.78 is 22.9.